The van der Waals surface area contributed by atoms with Crippen LogP contribution in [0.15, 0.2) is 0 Å². The highest BCUT2D eigenvalue weighted by molar-refractivity contribution is 5.75. The molecule has 0 rings (SSSR count). The average molecular weight is 187 g/mol. The summed E-state index contributed by atoms with van der Waals surface area (Å²) in [5, 5.41) is 11.7. The summed E-state index contributed by atoms with van der Waals surface area (Å²) in [6, 6.07) is 0. The molecule has 3 heteroatoms. The van der Waals surface area contributed by atoms with Gasteiger partial charge in [0.1, 0.15) is 0 Å². The molecule has 78 valence electrons. The molecule has 0 heterocycles. The highest BCUT2D eigenvalue weighted by Crippen LogP contribution is 2.11. The van der Waals surface area contributed by atoms with Gasteiger partial charge in [-0.25, -0.2) is 0 Å². The molecule has 0 spiro atoms. The van der Waals surface area contributed by atoms with E-state index in [0.29, 0.717) is 13.0 Å². The van der Waals surface area contributed by atoms with Gasteiger partial charge in [0.25, 0.3) is 0 Å². The number of unbranched alkanes of at least 4 members (excludes halogenated alkanes) is 1. The fraction of sp³-hybridized carbons (Fsp3) is 0.900. The third-order valence-corrected chi connectivity index (χ3v) is 1.95. The number of hydrogen-bond donors (Lipinski definition) is 2. The first kappa shape index (κ1) is 12.4. The largest absolute Gasteiger partial charge is 0.396 e. The van der Waals surface area contributed by atoms with Gasteiger partial charge >= 0.3 is 0 Å². The molecule has 0 atom stereocenters. The fourth-order valence-electron chi connectivity index (χ4n) is 0.819. The highest BCUT2D eigenvalue weighted by Gasteiger charge is 2.16. The van der Waals surface area contributed by atoms with E-state index in [1.54, 1.807) is 0 Å². The number of nitrogens with one attached hydrogen (secondary N) is 1. The molecular formula is C10H21NO2. The van der Waals surface area contributed by atoms with E-state index >= 15 is 0 Å². The van der Waals surface area contributed by atoms with Crippen LogP contribution >= 0.6 is 0 Å². The molecule has 3 nitrogen and oxygen atoms in total. The van der Waals surface area contributed by atoms with E-state index in [9.17, 15) is 4.79 Å². The molecule has 0 unspecified atom stereocenters. The van der Waals surface area contributed by atoms with Crippen LogP contribution in [0.3, 0.4) is 0 Å². The number of aliphatic hydroxyl groups is 1. The minimum atomic E-state index is -0.206. The Morgan fingerprint density at radius 3 is 2.54 bits per heavy atom. The number of aliphatic hydroxyl groups excluding tert-OH is 1. The Morgan fingerprint density at radius 2 is 2.08 bits per heavy atom. The van der Waals surface area contributed by atoms with Gasteiger partial charge in [-0.3, -0.25) is 4.79 Å². The molecule has 0 saturated carbocycles. The lowest BCUT2D eigenvalue weighted by Gasteiger charge is -2.21. The molecule has 0 radical (unpaired) electrons. The van der Waals surface area contributed by atoms with E-state index in [4.69, 9.17) is 5.11 Å². The number of carbonyl (C=O) groups excluding carboxylic acids is 1. The standard InChI is InChI=1S/C10H21NO2/c1-4-5-6-9(13)11-7-10(2,3)8-12/h12H,4-8H2,1-3H3,(H,11,13). The molecule has 2 N–H and O–H groups in total. The monoisotopic (exact) mass is 187 g/mol. The van der Waals surface area contributed by atoms with Crippen LogP contribution < -0.4 is 5.32 Å². The molecule has 0 aromatic carbocycles. The SMILES string of the molecule is CCCCC(=O)NCC(C)(C)CO. The molecule has 0 fully saturated rings. The van der Waals surface area contributed by atoms with Crippen LogP contribution in [-0.2, 0) is 4.79 Å². The lowest BCUT2D eigenvalue weighted by Crippen LogP contribution is -2.35. The summed E-state index contributed by atoms with van der Waals surface area (Å²) >= 11 is 0. The van der Waals surface area contributed by atoms with Crippen molar-refractivity contribution in [1.29, 1.82) is 0 Å². The Bertz CT molecular complexity index is 155. The second-order valence-electron chi connectivity index (χ2n) is 4.20. The first-order valence-electron chi connectivity index (χ1n) is 4.89. The van der Waals surface area contributed by atoms with Gasteiger partial charge in [-0.1, -0.05) is 27.2 Å². The van der Waals surface area contributed by atoms with Crippen LogP contribution in [0.25, 0.3) is 0 Å². The maximum Gasteiger partial charge on any atom is 0.220 e. The second kappa shape index (κ2) is 5.97. The molecule has 1 amide bonds. The van der Waals surface area contributed by atoms with E-state index in [0.717, 1.165) is 12.8 Å². The molecule has 0 saturated heterocycles. The van der Waals surface area contributed by atoms with E-state index in [1.165, 1.54) is 0 Å². The van der Waals surface area contributed by atoms with Gasteiger partial charge in [0.2, 0.25) is 5.91 Å². The fourth-order valence-corrected chi connectivity index (χ4v) is 0.819. The third kappa shape index (κ3) is 6.58. The summed E-state index contributed by atoms with van der Waals surface area (Å²) in [5.41, 5.74) is -0.206. The van der Waals surface area contributed by atoms with Crippen molar-refractivity contribution < 1.29 is 9.90 Å². The number of rotatable bonds is 6. The van der Waals surface area contributed by atoms with Crippen LogP contribution in [0.5, 0.6) is 0 Å². The maximum absolute atomic E-state index is 11.2. The Balaban J connectivity index is 3.57. The van der Waals surface area contributed by atoms with Crippen molar-refractivity contribution in [1.82, 2.24) is 5.32 Å². The van der Waals surface area contributed by atoms with Gasteiger partial charge in [0.05, 0.1) is 0 Å². The van der Waals surface area contributed by atoms with Gasteiger partial charge in [-0.2, -0.15) is 0 Å². The van der Waals surface area contributed by atoms with E-state index in [1.807, 2.05) is 13.8 Å². The molecule has 0 aliphatic carbocycles. The van der Waals surface area contributed by atoms with Crippen LogP contribution in [0.1, 0.15) is 40.0 Å². The van der Waals surface area contributed by atoms with E-state index in [-0.39, 0.29) is 17.9 Å². The number of carbonyl (C=O) groups is 1. The van der Waals surface area contributed by atoms with Crippen molar-refractivity contribution in [2.24, 2.45) is 5.41 Å². The smallest absolute Gasteiger partial charge is 0.220 e. The zero-order valence-corrected chi connectivity index (χ0v) is 8.89. The predicted octanol–water partition coefficient (Wildman–Crippen LogP) is 1.31. The summed E-state index contributed by atoms with van der Waals surface area (Å²) in [7, 11) is 0. The van der Waals surface area contributed by atoms with Crippen LogP contribution in [0.4, 0.5) is 0 Å². The Hall–Kier alpha value is -0.570. The second-order valence-corrected chi connectivity index (χ2v) is 4.20. The van der Waals surface area contributed by atoms with Crippen molar-refractivity contribution in [2.45, 2.75) is 40.0 Å². The molecule has 0 aliphatic heterocycles. The summed E-state index contributed by atoms with van der Waals surface area (Å²) in [6.07, 6.45) is 2.57. The average Bonchev–Trinajstić information content (AvgIpc) is 2.11. The zero-order chi connectivity index (χ0) is 10.3. The number of amides is 1. The Morgan fingerprint density at radius 1 is 1.46 bits per heavy atom. The van der Waals surface area contributed by atoms with Crippen molar-refractivity contribution in [3.05, 3.63) is 0 Å². The van der Waals surface area contributed by atoms with Crippen molar-refractivity contribution in [3.8, 4) is 0 Å². The highest BCUT2D eigenvalue weighted by atomic mass is 16.3. The zero-order valence-electron chi connectivity index (χ0n) is 8.89. The summed E-state index contributed by atoms with van der Waals surface area (Å²) in [6.45, 7) is 6.55. The van der Waals surface area contributed by atoms with Gasteiger partial charge in [-0.05, 0) is 6.42 Å². The van der Waals surface area contributed by atoms with E-state index in [2.05, 4.69) is 12.2 Å². The molecule has 0 aromatic heterocycles. The quantitative estimate of drug-likeness (QED) is 0.658. The van der Waals surface area contributed by atoms with Crippen LogP contribution in [-0.4, -0.2) is 24.2 Å². The number of hydrogen-bond acceptors (Lipinski definition) is 2. The summed E-state index contributed by atoms with van der Waals surface area (Å²) in [4.78, 5) is 11.2. The Labute approximate surface area is 80.5 Å². The van der Waals surface area contributed by atoms with E-state index < -0.39 is 0 Å². The Kier molecular flexibility index (Phi) is 5.71. The lowest BCUT2D eigenvalue weighted by atomic mass is 9.95. The summed E-state index contributed by atoms with van der Waals surface area (Å²) < 4.78 is 0. The molecule has 0 aromatic rings. The van der Waals surface area contributed by atoms with Gasteiger partial charge in [-0.15, -0.1) is 0 Å². The molecule has 0 bridgehead atoms. The van der Waals surface area contributed by atoms with Gasteiger partial charge < -0.3 is 10.4 Å². The van der Waals surface area contributed by atoms with Crippen molar-refractivity contribution in [2.75, 3.05) is 13.2 Å². The van der Waals surface area contributed by atoms with Crippen LogP contribution in [0, 0.1) is 5.41 Å². The predicted molar refractivity (Wildman–Crippen MR) is 53.4 cm³/mol. The maximum atomic E-state index is 11.2. The van der Waals surface area contributed by atoms with Crippen molar-refractivity contribution in [3.63, 3.8) is 0 Å². The minimum Gasteiger partial charge on any atom is -0.396 e. The molecule has 13 heavy (non-hydrogen) atoms. The molecule has 0 aliphatic rings. The first-order chi connectivity index (χ1) is 6.02. The topological polar surface area (TPSA) is 49.3 Å². The third-order valence-electron chi connectivity index (χ3n) is 1.95. The van der Waals surface area contributed by atoms with Gasteiger partial charge in [0.15, 0.2) is 0 Å². The first-order valence-corrected chi connectivity index (χ1v) is 4.89. The lowest BCUT2D eigenvalue weighted by molar-refractivity contribution is -0.121. The summed E-state index contributed by atoms with van der Waals surface area (Å²) in [5.74, 6) is 0.0865. The van der Waals surface area contributed by atoms with Crippen LogP contribution in [0.2, 0.25) is 0 Å². The van der Waals surface area contributed by atoms with Crippen molar-refractivity contribution >= 4 is 5.91 Å². The van der Waals surface area contributed by atoms with Gasteiger partial charge in [0, 0.05) is 25.0 Å². The normalized spacial score (nSPS) is 11.4. The minimum absolute atomic E-state index is 0.0865. The molecular weight excluding hydrogens is 166 g/mol.